The van der Waals surface area contributed by atoms with E-state index >= 15 is 0 Å². The molecular weight excluding hydrogens is 280 g/mol. The molecule has 0 unspecified atom stereocenters. The number of nitrogens with one attached hydrogen (secondary N) is 2. The largest absolute Gasteiger partial charge is 0.361 e. The normalized spacial score (nSPS) is 12.9. The smallest absolute Gasteiger partial charge is 0.0489 e. The summed E-state index contributed by atoms with van der Waals surface area (Å²) < 4.78 is 0. The van der Waals surface area contributed by atoms with Crippen molar-refractivity contribution in [3.8, 4) is 0 Å². The van der Waals surface area contributed by atoms with Crippen LogP contribution in [0.3, 0.4) is 0 Å². The number of fused-ring (bicyclic) bond motifs is 1. The highest BCUT2D eigenvalue weighted by Crippen LogP contribution is 2.25. The fourth-order valence-electron chi connectivity index (χ4n) is 3.33. The summed E-state index contributed by atoms with van der Waals surface area (Å²) >= 11 is 0. The first-order valence-corrected chi connectivity index (χ1v) is 8.57. The van der Waals surface area contributed by atoms with Crippen molar-refractivity contribution in [2.45, 2.75) is 39.8 Å². The molecule has 2 aromatic carbocycles. The number of H-pyrrole nitrogens is 1. The van der Waals surface area contributed by atoms with E-state index in [1.54, 1.807) is 0 Å². The molecule has 2 heteroatoms. The van der Waals surface area contributed by atoms with Crippen LogP contribution in [0.25, 0.3) is 10.9 Å². The minimum Gasteiger partial charge on any atom is -0.361 e. The van der Waals surface area contributed by atoms with Crippen molar-refractivity contribution in [2.75, 3.05) is 0 Å². The minimum atomic E-state index is 0.371. The van der Waals surface area contributed by atoms with Crippen LogP contribution in [-0.2, 0) is 13.0 Å². The second-order valence-electron chi connectivity index (χ2n) is 6.52. The molecule has 23 heavy (non-hydrogen) atoms. The van der Waals surface area contributed by atoms with Crippen LogP contribution in [0.5, 0.6) is 0 Å². The molecule has 0 aliphatic carbocycles. The van der Waals surface area contributed by atoms with Gasteiger partial charge in [0, 0.05) is 29.7 Å². The molecule has 1 atom stereocenters. The number of rotatable bonds is 6. The highest BCUT2D eigenvalue weighted by Gasteiger charge is 2.15. The first kappa shape index (κ1) is 15.8. The molecular formula is C21H26N2. The maximum atomic E-state index is 3.75. The standard InChI is InChI=1S/C21H26N2/c1-4-16-11-8-12-19-18(14-23-21(16)19)13-22-20(15(2)3)17-9-6-5-7-10-17/h5-12,14-15,20,22-23H,4,13H2,1-3H3/t20-/m1/s1. The van der Waals surface area contributed by atoms with E-state index in [-0.39, 0.29) is 0 Å². The Hall–Kier alpha value is -2.06. The van der Waals surface area contributed by atoms with Crippen molar-refractivity contribution in [1.29, 1.82) is 0 Å². The summed E-state index contributed by atoms with van der Waals surface area (Å²) in [6.45, 7) is 7.63. The maximum Gasteiger partial charge on any atom is 0.0489 e. The Labute approximate surface area is 138 Å². The van der Waals surface area contributed by atoms with Gasteiger partial charge in [-0.05, 0) is 29.0 Å². The second-order valence-corrected chi connectivity index (χ2v) is 6.52. The van der Waals surface area contributed by atoms with Gasteiger partial charge in [-0.3, -0.25) is 0 Å². The first-order valence-electron chi connectivity index (χ1n) is 8.57. The summed E-state index contributed by atoms with van der Waals surface area (Å²) in [4.78, 5) is 3.46. The van der Waals surface area contributed by atoms with E-state index in [9.17, 15) is 0 Å². The van der Waals surface area contributed by atoms with Gasteiger partial charge in [0.1, 0.15) is 0 Å². The molecule has 0 amide bonds. The molecule has 1 aromatic heterocycles. The lowest BCUT2D eigenvalue weighted by Gasteiger charge is -2.23. The Balaban J connectivity index is 1.82. The highest BCUT2D eigenvalue weighted by atomic mass is 14.9. The van der Waals surface area contributed by atoms with Crippen LogP contribution in [-0.4, -0.2) is 4.98 Å². The van der Waals surface area contributed by atoms with Gasteiger partial charge in [-0.25, -0.2) is 0 Å². The van der Waals surface area contributed by atoms with Crippen molar-refractivity contribution in [2.24, 2.45) is 5.92 Å². The van der Waals surface area contributed by atoms with Gasteiger partial charge >= 0.3 is 0 Å². The molecule has 3 aromatic rings. The summed E-state index contributed by atoms with van der Waals surface area (Å²) in [5.41, 5.74) is 5.37. The number of hydrogen-bond donors (Lipinski definition) is 2. The third-order valence-electron chi connectivity index (χ3n) is 4.61. The van der Waals surface area contributed by atoms with E-state index in [1.165, 1.54) is 27.6 Å². The van der Waals surface area contributed by atoms with Gasteiger partial charge in [-0.15, -0.1) is 0 Å². The van der Waals surface area contributed by atoms with E-state index in [2.05, 4.69) is 85.8 Å². The Kier molecular flexibility index (Phi) is 4.82. The van der Waals surface area contributed by atoms with Crippen molar-refractivity contribution in [1.82, 2.24) is 10.3 Å². The molecule has 0 aliphatic heterocycles. The van der Waals surface area contributed by atoms with Gasteiger partial charge in [0.05, 0.1) is 0 Å². The molecule has 2 nitrogen and oxygen atoms in total. The molecule has 0 bridgehead atoms. The molecule has 0 saturated heterocycles. The van der Waals surface area contributed by atoms with Gasteiger partial charge in [0.25, 0.3) is 0 Å². The van der Waals surface area contributed by atoms with Crippen LogP contribution in [0, 0.1) is 5.92 Å². The molecule has 1 heterocycles. The van der Waals surface area contributed by atoms with Crippen LogP contribution in [0.15, 0.2) is 54.7 Å². The van der Waals surface area contributed by atoms with Crippen LogP contribution in [0.1, 0.15) is 43.5 Å². The molecule has 2 N–H and O–H groups in total. The molecule has 0 aliphatic rings. The monoisotopic (exact) mass is 306 g/mol. The zero-order valence-corrected chi connectivity index (χ0v) is 14.3. The van der Waals surface area contributed by atoms with Gasteiger partial charge in [0.15, 0.2) is 0 Å². The number of benzene rings is 2. The van der Waals surface area contributed by atoms with E-state index < -0.39 is 0 Å². The van der Waals surface area contributed by atoms with Crippen LogP contribution in [0.4, 0.5) is 0 Å². The number of aryl methyl sites for hydroxylation is 1. The number of hydrogen-bond acceptors (Lipinski definition) is 1. The second kappa shape index (κ2) is 7.01. The highest BCUT2D eigenvalue weighted by molar-refractivity contribution is 5.86. The third kappa shape index (κ3) is 3.32. The average Bonchev–Trinajstić information content (AvgIpc) is 2.99. The van der Waals surface area contributed by atoms with Crippen LogP contribution < -0.4 is 5.32 Å². The summed E-state index contributed by atoms with van der Waals surface area (Å²) in [6, 6.07) is 17.7. The molecule has 0 fully saturated rings. The van der Waals surface area contributed by atoms with E-state index in [0.29, 0.717) is 12.0 Å². The van der Waals surface area contributed by atoms with Gasteiger partial charge in [-0.2, -0.15) is 0 Å². The molecule has 120 valence electrons. The predicted octanol–water partition coefficient (Wildman–Crippen LogP) is 5.22. The number of aromatic nitrogens is 1. The molecule has 0 radical (unpaired) electrons. The number of para-hydroxylation sites is 1. The molecule has 0 spiro atoms. The molecule has 3 rings (SSSR count). The van der Waals surface area contributed by atoms with Crippen LogP contribution in [0.2, 0.25) is 0 Å². The van der Waals surface area contributed by atoms with Crippen molar-refractivity contribution < 1.29 is 0 Å². The quantitative estimate of drug-likeness (QED) is 0.642. The lowest BCUT2D eigenvalue weighted by molar-refractivity contribution is 0.411. The topological polar surface area (TPSA) is 27.8 Å². The maximum absolute atomic E-state index is 3.75. The SMILES string of the molecule is CCc1cccc2c(CN[C@@H](c3ccccc3)C(C)C)c[nH]c12. The zero-order chi connectivity index (χ0) is 16.2. The van der Waals surface area contributed by atoms with Crippen molar-refractivity contribution >= 4 is 10.9 Å². The van der Waals surface area contributed by atoms with Gasteiger partial charge < -0.3 is 10.3 Å². The Bertz CT molecular complexity index is 756. The van der Waals surface area contributed by atoms with Crippen LogP contribution >= 0.6 is 0 Å². The summed E-state index contributed by atoms with van der Waals surface area (Å²) in [7, 11) is 0. The Morgan fingerprint density at radius 2 is 1.74 bits per heavy atom. The van der Waals surface area contributed by atoms with Gasteiger partial charge in [0.2, 0.25) is 0 Å². The summed E-state index contributed by atoms with van der Waals surface area (Å²) in [5, 5.41) is 5.09. The van der Waals surface area contributed by atoms with E-state index in [1.807, 2.05) is 0 Å². The average molecular weight is 306 g/mol. The zero-order valence-electron chi connectivity index (χ0n) is 14.3. The molecule has 0 saturated carbocycles. The minimum absolute atomic E-state index is 0.371. The Morgan fingerprint density at radius 3 is 2.43 bits per heavy atom. The lowest BCUT2D eigenvalue weighted by atomic mass is 9.96. The van der Waals surface area contributed by atoms with Crippen molar-refractivity contribution in [3.05, 3.63) is 71.4 Å². The number of aromatic amines is 1. The third-order valence-corrected chi connectivity index (χ3v) is 4.61. The predicted molar refractivity (Wildman–Crippen MR) is 98.5 cm³/mol. The Morgan fingerprint density at radius 1 is 0.957 bits per heavy atom. The summed E-state index contributed by atoms with van der Waals surface area (Å²) in [6.07, 6.45) is 3.21. The summed E-state index contributed by atoms with van der Waals surface area (Å²) in [5.74, 6) is 0.550. The first-order chi connectivity index (χ1) is 11.2. The van der Waals surface area contributed by atoms with Crippen molar-refractivity contribution in [3.63, 3.8) is 0 Å². The fourth-order valence-corrected chi connectivity index (χ4v) is 3.33. The van der Waals surface area contributed by atoms with Gasteiger partial charge in [-0.1, -0.05) is 69.3 Å². The van der Waals surface area contributed by atoms with E-state index in [4.69, 9.17) is 0 Å². The fraction of sp³-hybridized carbons (Fsp3) is 0.333. The lowest BCUT2D eigenvalue weighted by Crippen LogP contribution is -2.25. The van der Waals surface area contributed by atoms with E-state index in [0.717, 1.165) is 13.0 Å².